The summed E-state index contributed by atoms with van der Waals surface area (Å²) in [5.74, 6) is 1.86. The largest absolute Gasteiger partial charge is 0.371 e. The molecule has 0 N–H and O–H groups in total. The Balaban J connectivity index is 1.61. The van der Waals surface area contributed by atoms with E-state index in [1.165, 1.54) is 11.1 Å². The van der Waals surface area contributed by atoms with Gasteiger partial charge >= 0.3 is 0 Å². The van der Waals surface area contributed by atoms with Crippen molar-refractivity contribution in [2.24, 2.45) is 0 Å². The van der Waals surface area contributed by atoms with Gasteiger partial charge < -0.3 is 14.2 Å². The zero-order chi connectivity index (χ0) is 17.2. The molecular formula is C20H22N4O. The van der Waals surface area contributed by atoms with Gasteiger partial charge in [-0.1, -0.05) is 24.3 Å². The predicted molar refractivity (Wildman–Crippen MR) is 98.6 cm³/mol. The third kappa shape index (κ3) is 3.15. The topological polar surface area (TPSA) is 43.2 Å². The Hall–Kier alpha value is -2.66. The molecule has 128 valence electrons. The Morgan fingerprint density at radius 2 is 2.04 bits per heavy atom. The van der Waals surface area contributed by atoms with Crippen LogP contribution in [0.2, 0.25) is 0 Å². The van der Waals surface area contributed by atoms with Crippen LogP contribution in [0, 0.1) is 0 Å². The Morgan fingerprint density at radius 3 is 2.84 bits per heavy atom. The standard InChI is InChI=1S/C20H22N4O/c1-23(2)19-8-7-16(13-22-19)20-21-10-11-24(20)14-18-17-6-4-3-5-15(17)9-12-25-18/h3-8,10-11,13,18H,9,12,14H2,1-2H3/t18-/m0/s1. The molecule has 2 aromatic heterocycles. The third-order valence-electron chi connectivity index (χ3n) is 4.63. The summed E-state index contributed by atoms with van der Waals surface area (Å²) in [5.41, 5.74) is 3.69. The third-order valence-corrected chi connectivity index (χ3v) is 4.63. The molecule has 3 heterocycles. The molecule has 0 unspecified atom stereocenters. The fourth-order valence-electron chi connectivity index (χ4n) is 3.31. The summed E-state index contributed by atoms with van der Waals surface area (Å²) in [6.45, 7) is 1.52. The summed E-state index contributed by atoms with van der Waals surface area (Å²) in [7, 11) is 3.97. The van der Waals surface area contributed by atoms with Crippen LogP contribution >= 0.6 is 0 Å². The molecule has 1 aromatic carbocycles. The molecule has 25 heavy (non-hydrogen) atoms. The van der Waals surface area contributed by atoms with E-state index in [1.54, 1.807) is 0 Å². The highest BCUT2D eigenvalue weighted by Crippen LogP contribution is 2.29. The van der Waals surface area contributed by atoms with Gasteiger partial charge in [0.25, 0.3) is 0 Å². The second kappa shape index (κ2) is 6.69. The maximum Gasteiger partial charge on any atom is 0.141 e. The molecule has 0 saturated heterocycles. The average molecular weight is 334 g/mol. The van der Waals surface area contributed by atoms with Crippen LogP contribution in [0.15, 0.2) is 55.0 Å². The number of rotatable bonds is 4. The van der Waals surface area contributed by atoms with Crippen LogP contribution in [0.4, 0.5) is 5.82 Å². The highest BCUT2D eigenvalue weighted by molar-refractivity contribution is 5.56. The lowest BCUT2D eigenvalue weighted by molar-refractivity contribution is 0.0309. The number of hydrogen-bond donors (Lipinski definition) is 0. The zero-order valence-corrected chi connectivity index (χ0v) is 14.6. The Labute approximate surface area is 147 Å². The molecule has 0 aliphatic carbocycles. The van der Waals surface area contributed by atoms with Gasteiger partial charge in [-0.2, -0.15) is 0 Å². The van der Waals surface area contributed by atoms with E-state index in [9.17, 15) is 0 Å². The van der Waals surface area contributed by atoms with Crippen LogP contribution in [-0.4, -0.2) is 35.2 Å². The van der Waals surface area contributed by atoms with Crippen molar-refractivity contribution in [1.29, 1.82) is 0 Å². The molecule has 4 rings (SSSR count). The summed E-state index contributed by atoms with van der Waals surface area (Å²) >= 11 is 0. The molecule has 0 saturated carbocycles. The average Bonchev–Trinajstić information content (AvgIpc) is 3.10. The van der Waals surface area contributed by atoms with Crippen LogP contribution in [0.3, 0.4) is 0 Å². The van der Waals surface area contributed by atoms with E-state index < -0.39 is 0 Å². The summed E-state index contributed by atoms with van der Waals surface area (Å²) < 4.78 is 8.20. The Kier molecular flexibility index (Phi) is 4.24. The zero-order valence-electron chi connectivity index (χ0n) is 14.6. The number of benzene rings is 1. The van der Waals surface area contributed by atoms with Crippen molar-refractivity contribution in [2.45, 2.75) is 19.1 Å². The van der Waals surface area contributed by atoms with Gasteiger partial charge in [-0.05, 0) is 29.7 Å². The first kappa shape index (κ1) is 15.8. The minimum atomic E-state index is 0.0620. The number of hydrogen-bond acceptors (Lipinski definition) is 4. The SMILES string of the molecule is CN(C)c1ccc(-c2nccn2C[C@@H]2OCCc3ccccc32)cn1. The molecule has 0 bridgehead atoms. The first-order valence-corrected chi connectivity index (χ1v) is 8.56. The van der Waals surface area contributed by atoms with Crippen molar-refractivity contribution in [3.63, 3.8) is 0 Å². The summed E-state index contributed by atoms with van der Waals surface area (Å²) in [6.07, 6.45) is 6.77. The molecule has 1 aliphatic rings. The first-order valence-electron chi connectivity index (χ1n) is 8.56. The van der Waals surface area contributed by atoms with Crippen molar-refractivity contribution in [2.75, 3.05) is 25.6 Å². The lowest BCUT2D eigenvalue weighted by Crippen LogP contribution is -2.20. The van der Waals surface area contributed by atoms with Crippen molar-refractivity contribution in [3.8, 4) is 11.4 Å². The molecule has 0 amide bonds. The van der Waals surface area contributed by atoms with Gasteiger partial charge in [0.1, 0.15) is 17.7 Å². The van der Waals surface area contributed by atoms with Crippen LogP contribution < -0.4 is 4.90 Å². The molecule has 0 fully saturated rings. The molecule has 0 spiro atoms. The van der Waals surface area contributed by atoms with Gasteiger partial charge in [-0.25, -0.2) is 9.97 Å². The second-order valence-electron chi connectivity index (χ2n) is 6.51. The van der Waals surface area contributed by atoms with Crippen molar-refractivity contribution in [3.05, 3.63) is 66.1 Å². The molecule has 1 atom stereocenters. The number of imidazole rings is 1. The van der Waals surface area contributed by atoms with Crippen LogP contribution in [0.5, 0.6) is 0 Å². The number of ether oxygens (including phenoxy) is 1. The second-order valence-corrected chi connectivity index (χ2v) is 6.51. The number of fused-ring (bicyclic) bond motifs is 1. The summed E-state index contributed by atoms with van der Waals surface area (Å²) in [4.78, 5) is 11.0. The van der Waals surface area contributed by atoms with Crippen molar-refractivity contribution >= 4 is 5.82 Å². The molecule has 1 aliphatic heterocycles. The quantitative estimate of drug-likeness (QED) is 0.734. The van der Waals surface area contributed by atoms with E-state index in [4.69, 9.17) is 4.74 Å². The fourth-order valence-corrected chi connectivity index (χ4v) is 3.31. The molecule has 0 radical (unpaired) electrons. The number of anilines is 1. The van der Waals surface area contributed by atoms with Gasteiger partial charge in [-0.15, -0.1) is 0 Å². The Bertz CT molecular complexity index is 854. The van der Waals surface area contributed by atoms with E-state index in [-0.39, 0.29) is 6.10 Å². The lowest BCUT2D eigenvalue weighted by Gasteiger charge is -2.26. The first-order chi connectivity index (χ1) is 12.2. The molecule has 5 heteroatoms. The number of nitrogens with zero attached hydrogens (tertiary/aromatic N) is 4. The van der Waals surface area contributed by atoms with Crippen molar-refractivity contribution in [1.82, 2.24) is 14.5 Å². The van der Waals surface area contributed by atoms with E-state index in [2.05, 4.69) is 44.9 Å². The molecule has 3 aromatic rings. The highest BCUT2D eigenvalue weighted by Gasteiger charge is 2.22. The van der Waals surface area contributed by atoms with E-state index in [1.807, 2.05) is 43.7 Å². The maximum absolute atomic E-state index is 6.05. The predicted octanol–water partition coefficient (Wildman–Crippen LogP) is 3.33. The fraction of sp³-hybridized carbons (Fsp3) is 0.300. The highest BCUT2D eigenvalue weighted by atomic mass is 16.5. The smallest absolute Gasteiger partial charge is 0.141 e. The normalized spacial score (nSPS) is 16.5. The van der Waals surface area contributed by atoms with Gasteiger partial charge in [0.15, 0.2) is 0 Å². The van der Waals surface area contributed by atoms with E-state index >= 15 is 0 Å². The minimum absolute atomic E-state index is 0.0620. The monoisotopic (exact) mass is 334 g/mol. The summed E-state index contributed by atoms with van der Waals surface area (Å²) in [6, 6.07) is 12.6. The van der Waals surface area contributed by atoms with Gasteiger partial charge in [0.05, 0.1) is 13.2 Å². The molecule has 5 nitrogen and oxygen atoms in total. The van der Waals surface area contributed by atoms with Gasteiger partial charge in [0.2, 0.25) is 0 Å². The van der Waals surface area contributed by atoms with Crippen LogP contribution in [-0.2, 0) is 17.7 Å². The van der Waals surface area contributed by atoms with Gasteiger partial charge in [-0.3, -0.25) is 0 Å². The molecular weight excluding hydrogens is 312 g/mol. The maximum atomic E-state index is 6.05. The van der Waals surface area contributed by atoms with E-state index in [0.29, 0.717) is 0 Å². The van der Waals surface area contributed by atoms with Crippen LogP contribution in [0.1, 0.15) is 17.2 Å². The summed E-state index contributed by atoms with van der Waals surface area (Å²) in [5, 5.41) is 0. The lowest BCUT2D eigenvalue weighted by atomic mass is 9.97. The van der Waals surface area contributed by atoms with Crippen LogP contribution in [0.25, 0.3) is 11.4 Å². The van der Waals surface area contributed by atoms with Gasteiger partial charge in [0, 0.05) is 38.2 Å². The number of pyridine rings is 1. The van der Waals surface area contributed by atoms with E-state index in [0.717, 1.165) is 36.8 Å². The van der Waals surface area contributed by atoms with Crippen molar-refractivity contribution < 1.29 is 4.74 Å². The Morgan fingerprint density at radius 1 is 1.16 bits per heavy atom. The minimum Gasteiger partial charge on any atom is -0.371 e. The number of aromatic nitrogens is 3.